The minimum absolute atomic E-state index is 0.143. The van der Waals surface area contributed by atoms with E-state index in [0.29, 0.717) is 18.2 Å². The van der Waals surface area contributed by atoms with E-state index >= 15 is 0 Å². The van der Waals surface area contributed by atoms with Crippen LogP contribution in [0.2, 0.25) is 0 Å². The summed E-state index contributed by atoms with van der Waals surface area (Å²) < 4.78 is 25.7. The van der Waals surface area contributed by atoms with E-state index in [0.717, 1.165) is 18.5 Å². The molecule has 1 aromatic heterocycles. The van der Waals surface area contributed by atoms with Crippen LogP contribution in [0.3, 0.4) is 0 Å². The number of pyridine rings is 1. The van der Waals surface area contributed by atoms with Crippen molar-refractivity contribution >= 4 is 11.3 Å². The van der Waals surface area contributed by atoms with E-state index in [2.05, 4.69) is 10.3 Å². The molecule has 1 fully saturated rings. The second-order valence-corrected chi connectivity index (χ2v) is 5.37. The van der Waals surface area contributed by atoms with Crippen LogP contribution >= 0.6 is 0 Å². The molecule has 0 bridgehead atoms. The number of hydrogen-bond donors (Lipinski definition) is 3. The van der Waals surface area contributed by atoms with Gasteiger partial charge < -0.3 is 11.1 Å². The molecule has 1 saturated carbocycles. The van der Waals surface area contributed by atoms with Crippen LogP contribution in [0.5, 0.6) is 0 Å². The van der Waals surface area contributed by atoms with Crippen molar-refractivity contribution in [1.29, 1.82) is 5.41 Å². The Morgan fingerprint density at radius 3 is 2.81 bits per heavy atom. The number of allylic oxidation sites excluding steroid dienone is 1. The molecule has 1 heterocycles. The summed E-state index contributed by atoms with van der Waals surface area (Å²) in [5, 5.41) is 10.7. The van der Waals surface area contributed by atoms with Gasteiger partial charge in [-0.25, -0.2) is 8.78 Å². The van der Waals surface area contributed by atoms with Crippen LogP contribution in [0.25, 0.3) is 5.57 Å². The van der Waals surface area contributed by atoms with Crippen LogP contribution in [-0.2, 0) is 0 Å². The number of aryl methyl sites for hydroxylation is 1. The number of nitrogens with two attached hydrogens (primary N) is 1. The van der Waals surface area contributed by atoms with Crippen LogP contribution < -0.4 is 11.1 Å². The van der Waals surface area contributed by atoms with Crippen molar-refractivity contribution < 1.29 is 8.78 Å². The van der Waals surface area contributed by atoms with Crippen molar-refractivity contribution in [1.82, 2.24) is 10.3 Å². The summed E-state index contributed by atoms with van der Waals surface area (Å²) in [6.45, 7) is 2.44. The van der Waals surface area contributed by atoms with Gasteiger partial charge in [-0.3, -0.25) is 10.4 Å². The summed E-state index contributed by atoms with van der Waals surface area (Å²) >= 11 is 0. The van der Waals surface area contributed by atoms with Gasteiger partial charge in [0, 0.05) is 23.5 Å². The molecule has 0 spiro atoms. The molecule has 114 valence electrons. The van der Waals surface area contributed by atoms with Crippen LogP contribution in [-0.4, -0.2) is 29.7 Å². The molecule has 1 aliphatic carbocycles. The molecule has 1 aromatic rings. The minimum Gasteiger partial charge on any atom is -0.388 e. The number of nitrogens with zero attached hydrogens (tertiary/aromatic N) is 1. The van der Waals surface area contributed by atoms with Crippen molar-refractivity contribution in [2.75, 3.05) is 6.54 Å². The summed E-state index contributed by atoms with van der Waals surface area (Å²) in [7, 11) is 0. The number of alkyl halides is 2. The Morgan fingerprint density at radius 1 is 1.52 bits per heavy atom. The third-order valence-corrected chi connectivity index (χ3v) is 3.71. The van der Waals surface area contributed by atoms with Gasteiger partial charge in [0.1, 0.15) is 5.71 Å². The third-order valence-electron chi connectivity index (χ3n) is 3.71. The predicted octanol–water partition coefficient (Wildman–Crippen LogP) is 2.34. The molecule has 0 radical (unpaired) electrons. The predicted molar refractivity (Wildman–Crippen MR) is 79.4 cm³/mol. The molecule has 0 unspecified atom stereocenters. The fourth-order valence-electron chi connectivity index (χ4n) is 2.37. The van der Waals surface area contributed by atoms with E-state index in [1.165, 1.54) is 6.20 Å². The number of halogens is 2. The molecule has 6 heteroatoms. The minimum atomic E-state index is -2.82. The Kier molecular flexibility index (Phi) is 5.01. The second-order valence-electron chi connectivity index (χ2n) is 5.37. The van der Waals surface area contributed by atoms with Crippen molar-refractivity contribution in [2.45, 2.75) is 32.2 Å². The van der Waals surface area contributed by atoms with E-state index in [4.69, 9.17) is 11.1 Å². The molecule has 0 aliphatic heterocycles. The van der Waals surface area contributed by atoms with Gasteiger partial charge in [0.15, 0.2) is 0 Å². The lowest BCUT2D eigenvalue weighted by Gasteiger charge is -2.34. The zero-order valence-electron chi connectivity index (χ0n) is 11.9. The lowest BCUT2D eigenvalue weighted by molar-refractivity contribution is 0.226. The van der Waals surface area contributed by atoms with Gasteiger partial charge >= 0.3 is 0 Å². The van der Waals surface area contributed by atoms with E-state index in [-0.39, 0.29) is 11.6 Å². The highest BCUT2D eigenvalue weighted by Gasteiger charge is 2.27. The maximum Gasteiger partial charge on any atom is 0.280 e. The maximum absolute atomic E-state index is 12.9. The lowest BCUT2D eigenvalue weighted by atomic mass is 9.80. The number of nitrogens with one attached hydrogen (secondary N) is 2. The van der Waals surface area contributed by atoms with Crippen LogP contribution in [0.1, 0.15) is 24.2 Å². The third kappa shape index (κ3) is 3.85. The number of rotatable bonds is 6. The van der Waals surface area contributed by atoms with E-state index in [1.807, 2.05) is 0 Å². The highest BCUT2D eigenvalue weighted by atomic mass is 19.3. The van der Waals surface area contributed by atoms with Gasteiger partial charge in [0.25, 0.3) is 6.43 Å². The largest absolute Gasteiger partial charge is 0.388 e. The van der Waals surface area contributed by atoms with Crippen molar-refractivity contribution in [2.24, 2.45) is 11.7 Å². The zero-order valence-corrected chi connectivity index (χ0v) is 11.9. The van der Waals surface area contributed by atoms with Gasteiger partial charge in [-0.2, -0.15) is 0 Å². The summed E-state index contributed by atoms with van der Waals surface area (Å²) in [5.41, 5.74) is 6.11. The van der Waals surface area contributed by atoms with Crippen LogP contribution in [0.15, 0.2) is 24.4 Å². The molecule has 0 atom stereocenters. The molecular weight excluding hydrogens is 274 g/mol. The Morgan fingerprint density at radius 2 is 2.24 bits per heavy atom. The average Bonchev–Trinajstić information content (AvgIpc) is 2.40. The SMILES string of the molecule is Cc1cccc(/C(=C/NC2CC(CN)C2)C(=N)C(F)F)n1. The van der Waals surface area contributed by atoms with E-state index in [1.54, 1.807) is 25.1 Å². The first-order valence-corrected chi connectivity index (χ1v) is 6.98. The topological polar surface area (TPSA) is 74.8 Å². The van der Waals surface area contributed by atoms with Gasteiger partial charge in [-0.05, 0) is 44.4 Å². The normalized spacial score (nSPS) is 22.0. The first-order chi connectivity index (χ1) is 10.0. The van der Waals surface area contributed by atoms with Crippen LogP contribution in [0.4, 0.5) is 8.78 Å². The molecule has 1 aliphatic rings. The fourth-order valence-corrected chi connectivity index (χ4v) is 2.37. The maximum atomic E-state index is 12.9. The van der Waals surface area contributed by atoms with Gasteiger partial charge in [-0.1, -0.05) is 6.07 Å². The molecule has 0 saturated heterocycles. The summed E-state index contributed by atoms with van der Waals surface area (Å²) in [6.07, 6.45) is 0.541. The standard InChI is InChI=1S/C15H20F2N4/c1-9-3-2-4-13(21-9)12(14(19)15(16)17)8-20-11-5-10(6-11)7-18/h2-4,8,10-11,15,19-20H,5-7,18H2,1H3/b12-8-,19-14?. The molecule has 2 rings (SSSR count). The molecule has 4 N–H and O–H groups in total. The molecule has 4 nitrogen and oxygen atoms in total. The second kappa shape index (κ2) is 6.76. The molecule has 0 amide bonds. The van der Waals surface area contributed by atoms with E-state index in [9.17, 15) is 8.78 Å². The first kappa shape index (κ1) is 15.6. The number of hydrogen-bond acceptors (Lipinski definition) is 4. The van der Waals surface area contributed by atoms with Crippen molar-refractivity contribution in [3.63, 3.8) is 0 Å². The van der Waals surface area contributed by atoms with Crippen LogP contribution in [0, 0.1) is 18.3 Å². The Bertz CT molecular complexity index is 536. The highest BCUT2D eigenvalue weighted by Crippen LogP contribution is 2.26. The average molecular weight is 294 g/mol. The van der Waals surface area contributed by atoms with Gasteiger partial charge in [-0.15, -0.1) is 0 Å². The highest BCUT2D eigenvalue weighted by molar-refractivity contribution is 6.23. The molecule has 21 heavy (non-hydrogen) atoms. The molecular formula is C15H20F2N4. The number of aromatic nitrogens is 1. The summed E-state index contributed by atoms with van der Waals surface area (Å²) in [6, 6.07) is 5.42. The quantitative estimate of drug-likeness (QED) is 0.705. The monoisotopic (exact) mass is 294 g/mol. The van der Waals surface area contributed by atoms with E-state index < -0.39 is 12.1 Å². The Labute approximate surface area is 123 Å². The zero-order chi connectivity index (χ0) is 15.4. The smallest absolute Gasteiger partial charge is 0.280 e. The Balaban J connectivity index is 2.15. The summed E-state index contributed by atoms with van der Waals surface area (Å²) in [4.78, 5) is 4.23. The van der Waals surface area contributed by atoms with Crippen molar-refractivity contribution in [3.05, 3.63) is 35.8 Å². The summed E-state index contributed by atoms with van der Waals surface area (Å²) in [5.74, 6) is 0.506. The fraction of sp³-hybridized carbons (Fsp3) is 0.467. The van der Waals surface area contributed by atoms with Gasteiger partial charge in [0.05, 0.1) is 5.69 Å². The first-order valence-electron chi connectivity index (χ1n) is 6.98. The Hall–Kier alpha value is -1.82. The van der Waals surface area contributed by atoms with Gasteiger partial charge in [0.2, 0.25) is 0 Å². The molecule has 0 aromatic carbocycles. The van der Waals surface area contributed by atoms with Crippen molar-refractivity contribution in [3.8, 4) is 0 Å². The lowest BCUT2D eigenvalue weighted by Crippen LogP contribution is -2.41.